The van der Waals surface area contributed by atoms with E-state index < -0.39 is 0 Å². The minimum Gasteiger partial charge on any atom is -0.467 e. The topological polar surface area (TPSA) is 82.4 Å². The van der Waals surface area contributed by atoms with E-state index in [1.807, 2.05) is 29.6 Å². The molecule has 26 heavy (non-hydrogen) atoms. The summed E-state index contributed by atoms with van der Waals surface area (Å²) in [7, 11) is 0. The van der Waals surface area contributed by atoms with Gasteiger partial charge in [-0.05, 0) is 41.8 Å². The van der Waals surface area contributed by atoms with E-state index >= 15 is 0 Å². The van der Waals surface area contributed by atoms with Crippen molar-refractivity contribution in [2.45, 2.75) is 19.7 Å². The molecule has 0 bridgehead atoms. The number of carbonyl (C=O) groups is 1. The third-order valence-corrected chi connectivity index (χ3v) is 4.93. The van der Waals surface area contributed by atoms with Crippen LogP contribution in [0.4, 0.5) is 0 Å². The first kappa shape index (κ1) is 16.6. The van der Waals surface area contributed by atoms with Crippen molar-refractivity contribution in [1.29, 1.82) is 0 Å². The number of aliphatic hydroxyl groups is 1. The molecule has 4 rings (SSSR count). The van der Waals surface area contributed by atoms with Crippen LogP contribution in [0, 0.1) is 0 Å². The molecule has 0 aliphatic rings. The van der Waals surface area contributed by atoms with E-state index in [0.29, 0.717) is 24.5 Å². The minimum atomic E-state index is -0.166. The Morgan fingerprint density at radius 1 is 1.23 bits per heavy atom. The van der Waals surface area contributed by atoms with Gasteiger partial charge in [-0.2, -0.15) is 0 Å². The summed E-state index contributed by atoms with van der Waals surface area (Å²) in [6.45, 7) is 0.744. The molecule has 0 fully saturated rings. The minimum absolute atomic E-state index is 0.0863. The van der Waals surface area contributed by atoms with Crippen LogP contribution in [0.1, 0.15) is 26.8 Å². The van der Waals surface area contributed by atoms with Crippen LogP contribution in [0.2, 0.25) is 0 Å². The number of aromatic amines is 1. The van der Waals surface area contributed by atoms with E-state index in [0.717, 1.165) is 21.7 Å². The molecular formula is C19H17N3O3S. The van der Waals surface area contributed by atoms with Gasteiger partial charge in [0.25, 0.3) is 5.91 Å². The van der Waals surface area contributed by atoms with Crippen LogP contribution >= 0.6 is 11.3 Å². The highest BCUT2D eigenvalue weighted by atomic mass is 32.1. The van der Waals surface area contributed by atoms with Crippen LogP contribution in [0.3, 0.4) is 0 Å². The molecule has 0 spiro atoms. The van der Waals surface area contributed by atoms with Gasteiger partial charge in [0.1, 0.15) is 18.2 Å². The first-order chi connectivity index (χ1) is 12.7. The Balaban J connectivity index is 1.64. The summed E-state index contributed by atoms with van der Waals surface area (Å²) in [5.41, 5.74) is 2.02. The van der Waals surface area contributed by atoms with Crippen LogP contribution in [-0.2, 0) is 19.7 Å². The summed E-state index contributed by atoms with van der Waals surface area (Å²) < 4.78 is 5.42. The van der Waals surface area contributed by atoms with Crippen molar-refractivity contribution in [3.05, 3.63) is 76.1 Å². The number of hydrogen-bond acceptors (Lipinski definition) is 5. The SMILES string of the molecule is O=C(c1ccc2nc(CO)[nH]c2c1)N(Cc1ccco1)Cc1cccs1. The van der Waals surface area contributed by atoms with E-state index in [2.05, 4.69) is 9.97 Å². The second kappa shape index (κ2) is 7.15. The molecule has 0 saturated carbocycles. The van der Waals surface area contributed by atoms with E-state index in [1.54, 1.807) is 40.7 Å². The number of aromatic nitrogens is 2. The van der Waals surface area contributed by atoms with Crippen molar-refractivity contribution in [3.63, 3.8) is 0 Å². The monoisotopic (exact) mass is 367 g/mol. The largest absolute Gasteiger partial charge is 0.467 e. The van der Waals surface area contributed by atoms with Gasteiger partial charge in [-0.3, -0.25) is 4.79 Å². The number of imidazole rings is 1. The average Bonchev–Trinajstić information content (AvgIpc) is 3.41. The Kier molecular flexibility index (Phi) is 4.55. The number of H-pyrrole nitrogens is 1. The highest BCUT2D eigenvalue weighted by Crippen LogP contribution is 2.20. The van der Waals surface area contributed by atoms with E-state index in [9.17, 15) is 9.90 Å². The van der Waals surface area contributed by atoms with Crippen LogP contribution in [0.5, 0.6) is 0 Å². The Labute approximate surface area is 153 Å². The van der Waals surface area contributed by atoms with E-state index in [1.165, 1.54) is 0 Å². The van der Waals surface area contributed by atoms with Crippen molar-refractivity contribution >= 4 is 28.3 Å². The Morgan fingerprint density at radius 3 is 2.88 bits per heavy atom. The summed E-state index contributed by atoms with van der Waals surface area (Å²) in [4.78, 5) is 23.3. The summed E-state index contributed by atoms with van der Waals surface area (Å²) in [5, 5.41) is 11.2. The standard InChI is InChI=1S/C19H17N3O3S/c23-12-18-20-16-6-5-13(9-17(16)21-18)19(24)22(10-14-3-1-7-25-14)11-15-4-2-8-26-15/h1-9,23H,10-12H2,(H,20,21). The number of rotatable bonds is 6. The predicted molar refractivity (Wildman–Crippen MR) is 98.6 cm³/mol. The fourth-order valence-corrected chi connectivity index (χ4v) is 3.55. The van der Waals surface area contributed by atoms with Crippen LogP contribution in [0.25, 0.3) is 11.0 Å². The second-order valence-electron chi connectivity index (χ2n) is 5.89. The molecule has 1 amide bonds. The molecule has 0 unspecified atom stereocenters. The number of furan rings is 1. The normalized spacial score (nSPS) is 11.1. The summed E-state index contributed by atoms with van der Waals surface area (Å²) in [6, 6.07) is 13.0. The van der Waals surface area contributed by atoms with Gasteiger partial charge in [-0.25, -0.2) is 4.98 Å². The number of carbonyl (C=O) groups excluding carboxylic acids is 1. The van der Waals surface area contributed by atoms with Crippen molar-refractivity contribution < 1.29 is 14.3 Å². The van der Waals surface area contributed by atoms with Crippen LogP contribution in [-0.4, -0.2) is 25.9 Å². The van der Waals surface area contributed by atoms with Crippen molar-refractivity contribution in [3.8, 4) is 0 Å². The molecule has 132 valence electrons. The summed E-state index contributed by atoms with van der Waals surface area (Å²) in [5.74, 6) is 1.13. The molecule has 0 saturated heterocycles. The molecule has 4 aromatic rings. The first-order valence-electron chi connectivity index (χ1n) is 8.16. The number of amides is 1. The lowest BCUT2D eigenvalue weighted by molar-refractivity contribution is 0.0719. The number of hydrogen-bond donors (Lipinski definition) is 2. The predicted octanol–water partition coefficient (Wildman–Crippen LogP) is 3.55. The highest BCUT2D eigenvalue weighted by molar-refractivity contribution is 7.09. The van der Waals surface area contributed by atoms with Crippen molar-refractivity contribution in [1.82, 2.24) is 14.9 Å². The maximum Gasteiger partial charge on any atom is 0.254 e. The molecular weight excluding hydrogens is 350 g/mol. The molecule has 0 aliphatic heterocycles. The number of nitrogens with zero attached hydrogens (tertiary/aromatic N) is 2. The van der Waals surface area contributed by atoms with Crippen LogP contribution < -0.4 is 0 Å². The summed E-state index contributed by atoms with van der Waals surface area (Å²) >= 11 is 1.62. The Bertz CT molecular complexity index is 970. The van der Waals surface area contributed by atoms with Gasteiger partial charge in [-0.15, -0.1) is 11.3 Å². The van der Waals surface area contributed by atoms with Gasteiger partial charge < -0.3 is 19.4 Å². The fraction of sp³-hybridized carbons (Fsp3) is 0.158. The molecule has 3 aromatic heterocycles. The fourth-order valence-electron chi connectivity index (χ4n) is 2.83. The molecule has 1 aromatic carbocycles. The maximum atomic E-state index is 13.1. The molecule has 6 nitrogen and oxygen atoms in total. The highest BCUT2D eigenvalue weighted by Gasteiger charge is 2.19. The van der Waals surface area contributed by atoms with Gasteiger partial charge >= 0.3 is 0 Å². The Morgan fingerprint density at radius 2 is 2.15 bits per heavy atom. The second-order valence-corrected chi connectivity index (χ2v) is 6.93. The molecule has 0 radical (unpaired) electrons. The molecule has 0 aliphatic carbocycles. The number of benzene rings is 1. The zero-order chi connectivity index (χ0) is 17.9. The molecule has 2 N–H and O–H groups in total. The van der Waals surface area contributed by atoms with E-state index in [4.69, 9.17) is 4.42 Å². The summed E-state index contributed by atoms with van der Waals surface area (Å²) in [6.07, 6.45) is 1.61. The quantitative estimate of drug-likeness (QED) is 0.546. The van der Waals surface area contributed by atoms with Crippen molar-refractivity contribution in [2.24, 2.45) is 0 Å². The number of fused-ring (bicyclic) bond motifs is 1. The van der Waals surface area contributed by atoms with Gasteiger partial charge in [0.15, 0.2) is 0 Å². The lowest BCUT2D eigenvalue weighted by atomic mass is 10.1. The Hall–Kier alpha value is -2.90. The lowest BCUT2D eigenvalue weighted by Gasteiger charge is -2.21. The molecule has 0 atom stereocenters. The van der Waals surface area contributed by atoms with Gasteiger partial charge in [0.05, 0.1) is 30.4 Å². The zero-order valence-corrected chi connectivity index (χ0v) is 14.7. The number of nitrogens with one attached hydrogen (secondary N) is 1. The van der Waals surface area contributed by atoms with Gasteiger partial charge in [0, 0.05) is 10.4 Å². The van der Waals surface area contributed by atoms with Crippen LogP contribution in [0.15, 0.2) is 58.5 Å². The van der Waals surface area contributed by atoms with Gasteiger partial charge in [0.2, 0.25) is 0 Å². The zero-order valence-electron chi connectivity index (χ0n) is 13.9. The lowest BCUT2D eigenvalue weighted by Crippen LogP contribution is -2.29. The van der Waals surface area contributed by atoms with E-state index in [-0.39, 0.29) is 12.5 Å². The average molecular weight is 367 g/mol. The van der Waals surface area contributed by atoms with Crippen molar-refractivity contribution in [2.75, 3.05) is 0 Å². The molecule has 3 heterocycles. The first-order valence-corrected chi connectivity index (χ1v) is 9.04. The van der Waals surface area contributed by atoms with Gasteiger partial charge in [-0.1, -0.05) is 6.07 Å². The third kappa shape index (κ3) is 3.40. The third-order valence-electron chi connectivity index (χ3n) is 4.07. The molecule has 7 heteroatoms. The number of thiophene rings is 1. The number of aliphatic hydroxyl groups excluding tert-OH is 1. The maximum absolute atomic E-state index is 13.1. The smallest absolute Gasteiger partial charge is 0.254 e.